The van der Waals surface area contributed by atoms with Crippen LogP contribution >= 0.6 is 12.2 Å². The van der Waals surface area contributed by atoms with Crippen molar-refractivity contribution in [2.24, 2.45) is 0 Å². The van der Waals surface area contributed by atoms with Crippen molar-refractivity contribution in [2.45, 2.75) is 13.0 Å². The van der Waals surface area contributed by atoms with Gasteiger partial charge in [-0.3, -0.25) is 0 Å². The van der Waals surface area contributed by atoms with Gasteiger partial charge in [-0.2, -0.15) is 0 Å². The smallest absolute Gasteiger partial charge is 0.171 e. The van der Waals surface area contributed by atoms with Gasteiger partial charge in [0.2, 0.25) is 0 Å². The molecule has 0 aliphatic carbocycles. The van der Waals surface area contributed by atoms with Gasteiger partial charge in [-0.1, -0.05) is 30.3 Å². The maximum Gasteiger partial charge on any atom is 0.171 e. The van der Waals surface area contributed by atoms with Crippen LogP contribution in [0.5, 0.6) is 11.5 Å². The van der Waals surface area contributed by atoms with Gasteiger partial charge in [-0.05, 0) is 36.8 Å². The van der Waals surface area contributed by atoms with Crippen molar-refractivity contribution in [1.29, 1.82) is 0 Å². The van der Waals surface area contributed by atoms with Gasteiger partial charge in [0.05, 0.1) is 6.04 Å². The first kappa shape index (κ1) is 14.7. The van der Waals surface area contributed by atoms with E-state index in [9.17, 15) is 0 Å². The molecule has 1 atom stereocenters. The second kappa shape index (κ2) is 6.66. The number of hydrogen-bond acceptors (Lipinski definition) is 3. The average molecular weight is 314 g/mol. The van der Waals surface area contributed by atoms with Gasteiger partial charge in [0.1, 0.15) is 13.2 Å². The summed E-state index contributed by atoms with van der Waals surface area (Å²) in [6, 6.07) is 16.0. The van der Waals surface area contributed by atoms with Gasteiger partial charge in [0.25, 0.3) is 0 Å². The Morgan fingerprint density at radius 1 is 1.05 bits per heavy atom. The standard InChI is InChI=1S/C17H18N2O2S/c1-12(13-5-3-2-4-6-13)18-17(22)19-14-7-8-15-16(11-14)21-10-9-20-15/h2-8,11-12H,9-10H2,1H3,(H2,18,19,22). The Kier molecular flexibility index (Phi) is 4.44. The van der Waals surface area contributed by atoms with E-state index in [2.05, 4.69) is 29.7 Å². The molecule has 1 aliphatic heterocycles. The first-order valence-electron chi connectivity index (χ1n) is 7.24. The highest BCUT2D eigenvalue weighted by Gasteiger charge is 2.12. The lowest BCUT2D eigenvalue weighted by Gasteiger charge is -2.20. The first-order chi connectivity index (χ1) is 10.7. The van der Waals surface area contributed by atoms with Crippen LogP contribution in [0.2, 0.25) is 0 Å². The predicted octanol–water partition coefficient (Wildman–Crippen LogP) is 3.51. The molecule has 1 aliphatic rings. The van der Waals surface area contributed by atoms with Gasteiger partial charge in [-0.25, -0.2) is 0 Å². The summed E-state index contributed by atoms with van der Waals surface area (Å²) >= 11 is 5.37. The topological polar surface area (TPSA) is 42.5 Å². The Balaban J connectivity index is 1.62. The van der Waals surface area contributed by atoms with Crippen LogP contribution < -0.4 is 20.1 Å². The molecule has 0 radical (unpaired) electrons. The number of benzene rings is 2. The van der Waals surface area contributed by atoms with Crippen molar-refractivity contribution in [3.8, 4) is 11.5 Å². The summed E-state index contributed by atoms with van der Waals surface area (Å²) in [6.07, 6.45) is 0. The Hall–Kier alpha value is -2.27. The molecule has 1 heterocycles. The molecule has 0 saturated heterocycles. The van der Waals surface area contributed by atoms with Crippen LogP contribution in [0.25, 0.3) is 0 Å². The number of nitrogens with one attached hydrogen (secondary N) is 2. The maximum atomic E-state index is 5.57. The lowest BCUT2D eigenvalue weighted by atomic mass is 10.1. The summed E-state index contributed by atoms with van der Waals surface area (Å²) in [5, 5.41) is 7.03. The molecule has 0 bridgehead atoms. The largest absolute Gasteiger partial charge is 0.486 e. The molecule has 114 valence electrons. The third-order valence-electron chi connectivity index (χ3n) is 3.45. The lowest BCUT2D eigenvalue weighted by molar-refractivity contribution is 0.171. The number of thiocarbonyl (C=S) groups is 1. The van der Waals surface area contributed by atoms with Crippen LogP contribution in [0, 0.1) is 0 Å². The van der Waals surface area contributed by atoms with E-state index in [1.807, 2.05) is 36.4 Å². The monoisotopic (exact) mass is 314 g/mol. The van der Waals surface area contributed by atoms with Crippen LogP contribution in [0.3, 0.4) is 0 Å². The highest BCUT2D eigenvalue weighted by Crippen LogP contribution is 2.32. The molecule has 0 spiro atoms. The third-order valence-corrected chi connectivity index (χ3v) is 3.67. The normalized spacial score (nSPS) is 14.0. The zero-order valence-corrected chi connectivity index (χ0v) is 13.2. The Morgan fingerprint density at radius 3 is 2.55 bits per heavy atom. The molecule has 2 aromatic rings. The second-order valence-corrected chi connectivity index (χ2v) is 5.50. The number of rotatable bonds is 3. The van der Waals surface area contributed by atoms with Crippen molar-refractivity contribution in [2.75, 3.05) is 18.5 Å². The zero-order valence-electron chi connectivity index (χ0n) is 12.3. The van der Waals surface area contributed by atoms with Crippen LogP contribution in [0.1, 0.15) is 18.5 Å². The minimum atomic E-state index is 0.137. The van der Waals surface area contributed by atoms with E-state index < -0.39 is 0 Å². The summed E-state index contributed by atoms with van der Waals surface area (Å²) in [6.45, 7) is 3.24. The fourth-order valence-electron chi connectivity index (χ4n) is 2.31. The van der Waals surface area contributed by atoms with E-state index in [1.165, 1.54) is 5.56 Å². The molecule has 22 heavy (non-hydrogen) atoms. The van der Waals surface area contributed by atoms with E-state index in [1.54, 1.807) is 0 Å². The Morgan fingerprint density at radius 2 is 1.77 bits per heavy atom. The summed E-state index contributed by atoms with van der Waals surface area (Å²) in [5.74, 6) is 1.52. The molecular formula is C17H18N2O2S. The van der Waals surface area contributed by atoms with Crippen molar-refractivity contribution >= 4 is 23.0 Å². The Bertz CT molecular complexity index is 661. The molecule has 2 N–H and O–H groups in total. The van der Waals surface area contributed by atoms with Crippen molar-refractivity contribution < 1.29 is 9.47 Å². The van der Waals surface area contributed by atoms with E-state index in [0.717, 1.165) is 17.2 Å². The molecule has 0 aromatic heterocycles. The SMILES string of the molecule is CC(NC(=S)Nc1ccc2c(c1)OCCO2)c1ccccc1. The molecule has 1 unspecified atom stereocenters. The number of anilines is 1. The van der Waals surface area contributed by atoms with E-state index in [4.69, 9.17) is 21.7 Å². The van der Waals surface area contributed by atoms with Crippen LogP contribution in [0.4, 0.5) is 5.69 Å². The molecule has 5 heteroatoms. The third kappa shape index (κ3) is 3.49. The first-order valence-corrected chi connectivity index (χ1v) is 7.65. The number of ether oxygens (including phenoxy) is 2. The Labute approximate surface area is 135 Å². The summed E-state index contributed by atoms with van der Waals surface area (Å²) in [5.41, 5.74) is 2.07. The predicted molar refractivity (Wildman–Crippen MR) is 91.6 cm³/mol. The van der Waals surface area contributed by atoms with Gasteiger partial charge < -0.3 is 20.1 Å². The highest BCUT2D eigenvalue weighted by molar-refractivity contribution is 7.80. The van der Waals surface area contributed by atoms with E-state index in [0.29, 0.717) is 18.3 Å². The molecule has 0 fully saturated rings. The summed E-state index contributed by atoms with van der Waals surface area (Å²) in [7, 11) is 0. The van der Waals surface area contributed by atoms with Gasteiger partial charge in [0, 0.05) is 11.8 Å². The molecule has 4 nitrogen and oxygen atoms in total. The minimum Gasteiger partial charge on any atom is -0.486 e. The van der Waals surface area contributed by atoms with Gasteiger partial charge in [-0.15, -0.1) is 0 Å². The molecular weight excluding hydrogens is 296 g/mol. The minimum absolute atomic E-state index is 0.137. The molecule has 3 rings (SSSR count). The van der Waals surface area contributed by atoms with Crippen LogP contribution in [0.15, 0.2) is 48.5 Å². The molecule has 0 amide bonds. The van der Waals surface area contributed by atoms with Crippen molar-refractivity contribution in [1.82, 2.24) is 5.32 Å². The van der Waals surface area contributed by atoms with Crippen LogP contribution in [-0.2, 0) is 0 Å². The summed E-state index contributed by atoms with van der Waals surface area (Å²) in [4.78, 5) is 0. The van der Waals surface area contributed by atoms with Gasteiger partial charge in [0.15, 0.2) is 16.6 Å². The van der Waals surface area contributed by atoms with Crippen molar-refractivity contribution in [3.05, 3.63) is 54.1 Å². The highest BCUT2D eigenvalue weighted by atomic mass is 32.1. The fourth-order valence-corrected chi connectivity index (χ4v) is 2.60. The maximum absolute atomic E-state index is 5.57. The van der Waals surface area contributed by atoms with E-state index in [-0.39, 0.29) is 6.04 Å². The number of hydrogen-bond donors (Lipinski definition) is 2. The van der Waals surface area contributed by atoms with Gasteiger partial charge >= 0.3 is 0 Å². The zero-order chi connectivity index (χ0) is 15.4. The van der Waals surface area contributed by atoms with Crippen LogP contribution in [-0.4, -0.2) is 18.3 Å². The van der Waals surface area contributed by atoms with Crippen molar-refractivity contribution in [3.63, 3.8) is 0 Å². The average Bonchev–Trinajstić information content (AvgIpc) is 2.55. The summed E-state index contributed by atoms with van der Waals surface area (Å²) < 4.78 is 11.1. The van der Waals surface area contributed by atoms with E-state index >= 15 is 0 Å². The lowest BCUT2D eigenvalue weighted by Crippen LogP contribution is -2.30. The quantitative estimate of drug-likeness (QED) is 0.849. The fraction of sp³-hybridized carbons (Fsp3) is 0.235. The second-order valence-electron chi connectivity index (χ2n) is 5.09. The number of fused-ring (bicyclic) bond motifs is 1. The molecule has 0 saturated carbocycles. The molecule has 2 aromatic carbocycles.